The van der Waals surface area contributed by atoms with Gasteiger partial charge in [-0.05, 0) is 25.5 Å². The van der Waals surface area contributed by atoms with Crippen LogP contribution in [-0.4, -0.2) is 49.5 Å². The topological polar surface area (TPSA) is 80.7 Å². The van der Waals surface area contributed by atoms with Crippen LogP contribution in [0, 0.1) is 6.92 Å². The van der Waals surface area contributed by atoms with Gasteiger partial charge in [0.15, 0.2) is 0 Å². The Balaban J connectivity index is 2.39. The number of esters is 1. The lowest BCUT2D eigenvalue weighted by Gasteiger charge is -2.08. The molecule has 0 saturated carbocycles. The van der Waals surface area contributed by atoms with Gasteiger partial charge in [-0.3, -0.25) is 0 Å². The van der Waals surface area contributed by atoms with E-state index >= 15 is 0 Å². The summed E-state index contributed by atoms with van der Waals surface area (Å²) in [4.78, 5) is 15.7. The van der Waals surface area contributed by atoms with Gasteiger partial charge in [0.25, 0.3) is 0 Å². The summed E-state index contributed by atoms with van der Waals surface area (Å²) in [7, 11) is 1.35. The van der Waals surface area contributed by atoms with E-state index in [2.05, 4.69) is 15.0 Å². The second-order valence-electron chi connectivity index (χ2n) is 3.94. The van der Waals surface area contributed by atoms with Crippen molar-refractivity contribution in [2.75, 3.05) is 38.8 Å². The first-order valence-corrected chi connectivity index (χ1v) is 6.17. The first-order valence-electron chi connectivity index (χ1n) is 6.17. The van der Waals surface area contributed by atoms with Crippen LogP contribution in [0.4, 0.5) is 5.82 Å². The normalized spacial score (nSPS) is 10.3. The van der Waals surface area contributed by atoms with Crippen molar-refractivity contribution in [1.82, 2.24) is 4.98 Å². The van der Waals surface area contributed by atoms with E-state index in [1.807, 2.05) is 0 Å². The molecule has 106 valence electrons. The highest BCUT2D eigenvalue weighted by molar-refractivity contribution is 5.90. The Morgan fingerprint density at radius 3 is 2.84 bits per heavy atom. The molecular weight excluding hydrogens is 248 g/mol. The van der Waals surface area contributed by atoms with Crippen molar-refractivity contribution in [3.05, 3.63) is 23.4 Å². The molecule has 0 radical (unpaired) electrons. The molecule has 0 spiro atoms. The van der Waals surface area contributed by atoms with Crippen LogP contribution in [-0.2, 0) is 9.47 Å². The summed E-state index contributed by atoms with van der Waals surface area (Å²) < 4.78 is 9.79. The van der Waals surface area contributed by atoms with Crippen LogP contribution in [0.25, 0.3) is 0 Å². The monoisotopic (exact) mass is 268 g/mol. The summed E-state index contributed by atoms with van der Waals surface area (Å²) in [5, 5.41) is 11.7. The number of aliphatic hydroxyl groups excluding tert-OH is 1. The number of rotatable bonds is 8. The van der Waals surface area contributed by atoms with Crippen molar-refractivity contribution < 1.29 is 19.4 Å². The van der Waals surface area contributed by atoms with Gasteiger partial charge >= 0.3 is 5.97 Å². The molecule has 6 heteroatoms. The molecule has 1 aromatic rings. The lowest BCUT2D eigenvalue weighted by molar-refractivity contribution is 0.0599. The van der Waals surface area contributed by atoms with E-state index in [9.17, 15) is 4.79 Å². The Hall–Kier alpha value is -1.66. The summed E-state index contributed by atoms with van der Waals surface area (Å²) >= 11 is 0. The van der Waals surface area contributed by atoms with E-state index in [0.29, 0.717) is 30.3 Å². The van der Waals surface area contributed by atoms with Crippen molar-refractivity contribution in [1.29, 1.82) is 0 Å². The highest BCUT2D eigenvalue weighted by Crippen LogP contribution is 2.11. The van der Waals surface area contributed by atoms with Crippen LogP contribution in [0.2, 0.25) is 0 Å². The molecule has 2 N–H and O–H groups in total. The largest absolute Gasteiger partial charge is 0.465 e. The Bertz CT molecular complexity index is 410. The van der Waals surface area contributed by atoms with E-state index in [1.54, 1.807) is 19.1 Å². The van der Waals surface area contributed by atoms with Crippen molar-refractivity contribution in [2.24, 2.45) is 0 Å². The highest BCUT2D eigenvalue weighted by atomic mass is 16.5. The number of hydrogen-bond acceptors (Lipinski definition) is 6. The Morgan fingerprint density at radius 2 is 2.21 bits per heavy atom. The summed E-state index contributed by atoms with van der Waals surface area (Å²) in [6, 6.07) is 3.44. The molecular formula is C13H20N2O4. The van der Waals surface area contributed by atoms with E-state index in [1.165, 1.54) is 7.11 Å². The van der Waals surface area contributed by atoms with Crippen LogP contribution in [0.1, 0.15) is 22.5 Å². The molecule has 0 unspecified atom stereocenters. The fourth-order valence-corrected chi connectivity index (χ4v) is 1.54. The number of pyridine rings is 1. The third kappa shape index (κ3) is 5.23. The van der Waals surface area contributed by atoms with E-state index in [-0.39, 0.29) is 12.6 Å². The fraction of sp³-hybridized carbons (Fsp3) is 0.538. The molecule has 1 heterocycles. The molecule has 0 aliphatic rings. The lowest BCUT2D eigenvalue weighted by atomic mass is 10.2. The van der Waals surface area contributed by atoms with Crippen LogP contribution in [0.5, 0.6) is 0 Å². The number of carbonyl (C=O) groups excluding carboxylic acids is 1. The minimum atomic E-state index is -0.381. The quantitative estimate of drug-likeness (QED) is 0.540. The number of carbonyl (C=O) groups is 1. The number of aliphatic hydroxyl groups is 1. The first-order chi connectivity index (χ1) is 9.19. The summed E-state index contributed by atoms with van der Waals surface area (Å²) in [6.45, 7) is 3.48. The van der Waals surface area contributed by atoms with Gasteiger partial charge in [-0.1, -0.05) is 0 Å². The number of hydrogen-bond donors (Lipinski definition) is 2. The van der Waals surface area contributed by atoms with E-state index in [4.69, 9.17) is 9.84 Å². The van der Waals surface area contributed by atoms with E-state index in [0.717, 1.165) is 13.0 Å². The van der Waals surface area contributed by atoms with Crippen LogP contribution >= 0.6 is 0 Å². The second-order valence-corrected chi connectivity index (χ2v) is 3.94. The van der Waals surface area contributed by atoms with E-state index < -0.39 is 0 Å². The number of anilines is 1. The summed E-state index contributed by atoms with van der Waals surface area (Å²) in [5.41, 5.74) is 1.10. The Kier molecular flexibility index (Phi) is 6.84. The summed E-state index contributed by atoms with van der Waals surface area (Å²) in [5.74, 6) is 0.335. The molecule has 0 bridgehead atoms. The first kappa shape index (κ1) is 15.4. The van der Waals surface area contributed by atoms with Gasteiger partial charge < -0.3 is 19.9 Å². The molecule has 0 aromatic carbocycles. The summed E-state index contributed by atoms with van der Waals surface area (Å²) in [6.07, 6.45) is 0.819. The minimum Gasteiger partial charge on any atom is -0.465 e. The molecule has 0 aliphatic heterocycles. The third-order valence-electron chi connectivity index (χ3n) is 2.50. The molecule has 1 rings (SSSR count). The maximum atomic E-state index is 11.4. The standard InChI is InChI=1S/C13H20N2O4/c1-10-11(13(17)18-2)4-5-12(15-10)14-6-3-8-19-9-7-16/h4-5,16H,3,6-9H2,1-2H3,(H,14,15). The zero-order valence-corrected chi connectivity index (χ0v) is 11.3. The van der Waals surface area contributed by atoms with Gasteiger partial charge in [0.1, 0.15) is 5.82 Å². The van der Waals surface area contributed by atoms with Crippen LogP contribution < -0.4 is 5.32 Å². The van der Waals surface area contributed by atoms with Gasteiger partial charge in [-0.15, -0.1) is 0 Å². The number of aromatic nitrogens is 1. The molecule has 0 atom stereocenters. The number of methoxy groups -OCH3 is 1. The lowest BCUT2D eigenvalue weighted by Crippen LogP contribution is -2.10. The maximum absolute atomic E-state index is 11.4. The van der Waals surface area contributed by atoms with Gasteiger partial charge in [0.05, 0.1) is 31.6 Å². The zero-order valence-electron chi connectivity index (χ0n) is 11.3. The highest BCUT2D eigenvalue weighted by Gasteiger charge is 2.10. The SMILES string of the molecule is COC(=O)c1ccc(NCCCOCCO)nc1C. The average molecular weight is 268 g/mol. The van der Waals surface area contributed by atoms with Crippen LogP contribution in [0.15, 0.2) is 12.1 Å². The molecule has 1 aromatic heterocycles. The van der Waals surface area contributed by atoms with Crippen molar-refractivity contribution in [3.8, 4) is 0 Å². The minimum absolute atomic E-state index is 0.0448. The zero-order chi connectivity index (χ0) is 14.1. The predicted octanol–water partition coefficient (Wildman–Crippen LogP) is 0.988. The molecule has 6 nitrogen and oxygen atoms in total. The number of nitrogens with one attached hydrogen (secondary N) is 1. The number of nitrogens with zero attached hydrogens (tertiary/aromatic N) is 1. The van der Waals surface area contributed by atoms with Crippen molar-refractivity contribution in [2.45, 2.75) is 13.3 Å². The third-order valence-corrected chi connectivity index (χ3v) is 2.50. The fourth-order valence-electron chi connectivity index (χ4n) is 1.54. The second kappa shape index (κ2) is 8.44. The smallest absolute Gasteiger partial charge is 0.339 e. The average Bonchev–Trinajstić information content (AvgIpc) is 2.42. The predicted molar refractivity (Wildman–Crippen MR) is 71.3 cm³/mol. The molecule has 0 aliphatic carbocycles. The molecule has 0 fully saturated rings. The van der Waals surface area contributed by atoms with Gasteiger partial charge in [0.2, 0.25) is 0 Å². The van der Waals surface area contributed by atoms with Gasteiger partial charge in [-0.25, -0.2) is 9.78 Å². The van der Waals surface area contributed by atoms with Crippen LogP contribution in [0.3, 0.4) is 0 Å². The van der Waals surface area contributed by atoms with Crippen molar-refractivity contribution >= 4 is 11.8 Å². The molecule has 0 amide bonds. The molecule has 0 saturated heterocycles. The molecule has 19 heavy (non-hydrogen) atoms. The van der Waals surface area contributed by atoms with Crippen molar-refractivity contribution in [3.63, 3.8) is 0 Å². The maximum Gasteiger partial charge on any atom is 0.339 e. The Labute approximate surface area is 112 Å². The number of ether oxygens (including phenoxy) is 2. The number of aryl methyl sites for hydroxylation is 1. The Morgan fingerprint density at radius 1 is 1.42 bits per heavy atom. The van der Waals surface area contributed by atoms with Gasteiger partial charge in [-0.2, -0.15) is 0 Å². The van der Waals surface area contributed by atoms with Gasteiger partial charge in [0, 0.05) is 13.2 Å².